The third-order valence-corrected chi connectivity index (χ3v) is 2.65. The van der Waals surface area contributed by atoms with E-state index in [2.05, 4.69) is 15.3 Å². The van der Waals surface area contributed by atoms with Gasteiger partial charge in [0.25, 0.3) is 5.69 Å². The maximum Gasteiger partial charge on any atom is 0.269 e. The van der Waals surface area contributed by atoms with E-state index in [1.165, 1.54) is 24.3 Å². The second-order valence-electron chi connectivity index (χ2n) is 4.04. The summed E-state index contributed by atoms with van der Waals surface area (Å²) < 4.78 is 0. The Labute approximate surface area is 118 Å². The summed E-state index contributed by atoms with van der Waals surface area (Å²) in [5.41, 5.74) is 8.24. The van der Waals surface area contributed by atoms with Crippen LogP contribution in [0.2, 0.25) is 0 Å². The third kappa shape index (κ3) is 4.73. The molecule has 21 heavy (non-hydrogen) atoms. The number of non-ortho nitro benzene ring substituents is 1. The molecule has 1 aromatic carbocycles. The molecule has 0 saturated heterocycles. The zero-order chi connectivity index (χ0) is 15.8. The van der Waals surface area contributed by atoms with Crippen LogP contribution in [0.3, 0.4) is 0 Å². The first kappa shape index (κ1) is 16.4. The van der Waals surface area contributed by atoms with Gasteiger partial charge >= 0.3 is 0 Å². The van der Waals surface area contributed by atoms with Gasteiger partial charge in [0.05, 0.1) is 17.6 Å². The lowest BCUT2D eigenvalue weighted by Crippen LogP contribution is -2.42. The van der Waals surface area contributed by atoms with Crippen molar-refractivity contribution in [2.24, 2.45) is 5.11 Å². The summed E-state index contributed by atoms with van der Waals surface area (Å²) in [6.45, 7) is -1.01. The van der Waals surface area contributed by atoms with E-state index in [0.717, 1.165) is 0 Å². The lowest BCUT2D eigenvalue weighted by Gasteiger charge is -2.22. The van der Waals surface area contributed by atoms with Gasteiger partial charge in [-0.25, -0.2) is 0 Å². The topological polar surface area (TPSA) is 161 Å². The maximum absolute atomic E-state index is 11.4. The molecule has 0 spiro atoms. The molecule has 10 nitrogen and oxygen atoms in total. The van der Waals surface area contributed by atoms with Crippen LogP contribution in [0.1, 0.15) is 11.7 Å². The first-order valence-electron chi connectivity index (χ1n) is 5.83. The predicted molar refractivity (Wildman–Crippen MR) is 71.1 cm³/mol. The maximum atomic E-state index is 11.4. The Morgan fingerprint density at radius 3 is 2.57 bits per heavy atom. The summed E-state index contributed by atoms with van der Waals surface area (Å²) in [5.74, 6) is -0.659. The molecule has 10 heteroatoms. The Kier molecular flexibility index (Phi) is 6.08. The number of azide groups is 1. The summed E-state index contributed by atoms with van der Waals surface area (Å²) >= 11 is 0. The number of hydrogen-bond acceptors (Lipinski definition) is 6. The van der Waals surface area contributed by atoms with Gasteiger partial charge in [-0.15, -0.1) is 0 Å². The second kappa shape index (κ2) is 7.80. The minimum atomic E-state index is -1.26. The second-order valence-corrected chi connectivity index (χ2v) is 4.04. The highest BCUT2D eigenvalue weighted by molar-refractivity contribution is 5.78. The molecule has 0 fully saturated rings. The first-order valence-corrected chi connectivity index (χ1v) is 5.83. The lowest BCUT2D eigenvalue weighted by atomic mass is 10.0. The van der Waals surface area contributed by atoms with Crippen LogP contribution in [0.15, 0.2) is 29.4 Å². The molecule has 0 saturated carbocycles. The molecule has 0 radical (unpaired) electrons. The van der Waals surface area contributed by atoms with Crippen molar-refractivity contribution >= 4 is 11.6 Å². The average molecular weight is 295 g/mol. The molecule has 0 bridgehead atoms. The van der Waals surface area contributed by atoms with Crippen molar-refractivity contribution in [1.29, 1.82) is 0 Å². The van der Waals surface area contributed by atoms with Crippen LogP contribution in [0.4, 0.5) is 5.69 Å². The smallest absolute Gasteiger partial charge is 0.269 e. The number of hydrogen-bond donors (Lipinski definition) is 3. The van der Waals surface area contributed by atoms with Gasteiger partial charge in [0.2, 0.25) is 5.91 Å². The molecule has 1 rings (SSSR count). The van der Waals surface area contributed by atoms with E-state index in [9.17, 15) is 25.1 Å². The van der Waals surface area contributed by atoms with Crippen molar-refractivity contribution in [2.75, 3.05) is 13.2 Å². The summed E-state index contributed by atoms with van der Waals surface area (Å²) in [6.07, 6.45) is -1.26. The number of nitrogens with one attached hydrogen (secondary N) is 1. The molecule has 0 heterocycles. The molecular formula is C11H13N5O5. The van der Waals surface area contributed by atoms with Gasteiger partial charge in [0.1, 0.15) is 12.6 Å². The number of aliphatic hydroxyl groups excluding tert-OH is 2. The van der Waals surface area contributed by atoms with Gasteiger partial charge in [0, 0.05) is 17.0 Å². The first-order chi connectivity index (χ1) is 9.99. The SMILES string of the molecule is [N-]=[N+]=NCC(=O)N[C@H](CO)[C@@H](O)c1ccc([N+](=O)[O-])cc1. The van der Waals surface area contributed by atoms with Crippen molar-refractivity contribution in [3.8, 4) is 0 Å². The fourth-order valence-electron chi connectivity index (χ4n) is 1.60. The fourth-order valence-corrected chi connectivity index (χ4v) is 1.60. The molecule has 1 amide bonds. The fraction of sp³-hybridized carbons (Fsp3) is 0.364. The van der Waals surface area contributed by atoms with Crippen LogP contribution in [0.25, 0.3) is 10.4 Å². The predicted octanol–water partition coefficient (Wildman–Crippen LogP) is 0.416. The highest BCUT2D eigenvalue weighted by atomic mass is 16.6. The standard InChI is InChI=1S/C11H13N5O5/c12-15-13-5-10(18)14-9(6-17)11(19)7-1-3-8(4-2-7)16(20)21/h1-4,9,11,17,19H,5-6H2,(H,14,18)/t9-,11+/m1/s1. The van der Waals surface area contributed by atoms with E-state index in [-0.39, 0.29) is 5.69 Å². The van der Waals surface area contributed by atoms with Crippen molar-refractivity contribution in [3.63, 3.8) is 0 Å². The van der Waals surface area contributed by atoms with Crippen molar-refractivity contribution in [3.05, 3.63) is 50.4 Å². The summed E-state index contributed by atoms with van der Waals surface area (Å²) in [4.78, 5) is 23.7. The van der Waals surface area contributed by atoms with E-state index in [1.807, 2.05) is 0 Å². The molecule has 0 aliphatic rings. The van der Waals surface area contributed by atoms with Crippen LogP contribution < -0.4 is 5.32 Å². The zero-order valence-corrected chi connectivity index (χ0v) is 10.8. The van der Waals surface area contributed by atoms with Gasteiger partial charge in [-0.2, -0.15) is 0 Å². The van der Waals surface area contributed by atoms with Crippen molar-refractivity contribution in [1.82, 2.24) is 5.32 Å². The number of carbonyl (C=O) groups excluding carboxylic acids is 1. The van der Waals surface area contributed by atoms with Crippen LogP contribution in [-0.2, 0) is 4.79 Å². The molecule has 112 valence electrons. The van der Waals surface area contributed by atoms with Crippen LogP contribution >= 0.6 is 0 Å². The Bertz CT molecular complexity index is 555. The molecular weight excluding hydrogens is 282 g/mol. The largest absolute Gasteiger partial charge is 0.394 e. The Hall–Kier alpha value is -2.68. The molecule has 1 aromatic rings. The summed E-state index contributed by atoms with van der Waals surface area (Å²) in [5, 5.41) is 35.1. The van der Waals surface area contributed by atoms with Crippen molar-refractivity contribution < 1.29 is 19.9 Å². The van der Waals surface area contributed by atoms with Gasteiger partial charge in [-0.05, 0) is 23.2 Å². The van der Waals surface area contributed by atoms with E-state index in [4.69, 9.17) is 5.53 Å². The zero-order valence-electron chi connectivity index (χ0n) is 10.8. The van der Waals surface area contributed by atoms with Crippen LogP contribution in [-0.4, -0.2) is 40.2 Å². The molecule has 0 unspecified atom stereocenters. The Balaban J connectivity index is 2.77. The molecule has 0 aliphatic heterocycles. The highest BCUT2D eigenvalue weighted by Crippen LogP contribution is 2.20. The number of amides is 1. The number of carbonyl (C=O) groups is 1. The number of nitro groups is 1. The van der Waals surface area contributed by atoms with Gasteiger partial charge in [0.15, 0.2) is 0 Å². The van der Waals surface area contributed by atoms with Gasteiger partial charge in [-0.1, -0.05) is 5.11 Å². The molecule has 2 atom stereocenters. The summed E-state index contributed by atoms with van der Waals surface area (Å²) in [6, 6.07) is 4.03. The lowest BCUT2D eigenvalue weighted by molar-refractivity contribution is -0.384. The number of benzene rings is 1. The van der Waals surface area contributed by atoms with Crippen LogP contribution in [0.5, 0.6) is 0 Å². The number of nitrogens with zero attached hydrogens (tertiary/aromatic N) is 4. The Morgan fingerprint density at radius 1 is 1.48 bits per heavy atom. The number of nitro benzene ring substituents is 1. The average Bonchev–Trinajstić information content (AvgIpc) is 2.50. The number of aliphatic hydroxyl groups is 2. The van der Waals surface area contributed by atoms with E-state index in [1.54, 1.807) is 0 Å². The highest BCUT2D eigenvalue weighted by Gasteiger charge is 2.22. The van der Waals surface area contributed by atoms with E-state index >= 15 is 0 Å². The third-order valence-electron chi connectivity index (χ3n) is 2.65. The minimum absolute atomic E-state index is 0.140. The summed E-state index contributed by atoms with van der Waals surface area (Å²) in [7, 11) is 0. The molecule has 3 N–H and O–H groups in total. The van der Waals surface area contributed by atoms with Crippen molar-refractivity contribution in [2.45, 2.75) is 12.1 Å². The minimum Gasteiger partial charge on any atom is -0.394 e. The van der Waals surface area contributed by atoms with E-state index in [0.29, 0.717) is 5.56 Å². The van der Waals surface area contributed by atoms with Gasteiger partial charge in [-0.3, -0.25) is 14.9 Å². The molecule has 0 aliphatic carbocycles. The Morgan fingerprint density at radius 2 is 2.10 bits per heavy atom. The van der Waals surface area contributed by atoms with Crippen LogP contribution in [0, 0.1) is 10.1 Å². The quantitative estimate of drug-likeness (QED) is 0.218. The monoisotopic (exact) mass is 295 g/mol. The normalized spacial score (nSPS) is 12.9. The molecule has 0 aromatic heterocycles. The van der Waals surface area contributed by atoms with Gasteiger partial charge < -0.3 is 15.5 Å². The number of rotatable bonds is 7. The van der Waals surface area contributed by atoms with E-state index < -0.39 is 36.1 Å².